The largest absolute Gasteiger partial charge is 0.306 e. The second-order valence-corrected chi connectivity index (χ2v) is 4.97. The van der Waals surface area contributed by atoms with E-state index in [4.69, 9.17) is 0 Å². The van der Waals surface area contributed by atoms with Gasteiger partial charge in [0.15, 0.2) is 0 Å². The fraction of sp³-hybridized carbons (Fsp3) is 1.00. The van der Waals surface area contributed by atoms with Crippen LogP contribution in [0.4, 0.5) is 0 Å². The Morgan fingerprint density at radius 3 is 0.643 bits per heavy atom. The molecule has 0 bridgehead atoms. The van der Waals surface area contributed by atoms with E-state index in [1.165, 1.54) is 58.5 Å². The summed E-state index contributed by atoms with van der Waals surface area (Å²) in [6.07, 6.45) is 4.28. The van der Waals surface area contributed by atoms with Gasteiger partial charge in [0, 0.05) is 26.2 Å². The summed E-state index contributed by atoms with van der Waals surface area (Å²) in [5, 5.41) is 0. The molecule has 0 aromatic rings. The summed E-state index contributed by atoms with van der Waals surface area (Å²) in [7, 11) is 6.54. The SMILES string of the molecule is C.C.C.CC.CC.CC.CC.CC.CN1CCCCC1.CN1CCN(C)CC1. The molecule has 0 N–H and O–H groups in total. The van der Waals surface area contributed by atoms with Crippen LogP contribution in [-0.2, 0) is 0 Å². The van der Waals surface area contributed by atoms with Gasteiger partial charge in [-0.2, -0.15) is 0 Å². The number of piperazine rings is 1. The molecule has 2 saturated heterocycles. The molecular formula is C25H69N3. The monoisotopic (exact) mass is 412 g/mol. The van der Waals surface area contributed by atoms with Gasteiger partial charge in [-0.25, -0.2) is 0 Å². The summed E-state index contributed by atoms with van der Waals surface area (Å²) >= 11 is 0. The average molecular weight is 412 g/mol. The maximum atomic E-state index is 2.39. The van der Waals surface area contributed by atoms with Crippen molar-refractivity contribution in [1.82, 2.24) is 14.7 Å². The molecule has 3 heteroatoms. The summed E-state index contributed by atoms with van der Waals surface area (Å²) < 4.78 is 0. The van der Waals surface area contributed by atoms with E-state index in [-0.39, 0.29) is 22.3 Å². The lowest BCUT2D eigenvalue weighted by atomic mass is 10.1. The maximum absolute atomic E-state index is 2.39. The summed E-state index contributed by atoms with van der Waals surface area (Å²) in [4.78, 5) is 7.11. The second-order valence-electron chi connectivity index (χ2n) is 4.97. The Bertz CT molecular complexity index is 140. The molecule has 2 fully saturated rings. The molecule has 0 aromatic carbocycles. The van der Waals surface area contributed by atoms with E-state index in [1.807, 2.05) is 69.2 Å². The Morgan fingerprint density at radius 2 is 0.500 bits per heavy atom. The number of likely N-dealkylation sites (N-methyl/N-ethyl adjacent to an activating group) is 2. The molecule has 0 saturated carbocycles. The standard InChI is InChI=1S/C6H14N2.C6H13N.5C2H6.3CH4/c1-7-3-5-8(2)6-4-7;1-7-5-3-2-4-6-7;5*1-2;;;/h3-6H2,1-2H3;2-6H2,1H3;5*1-2H3;3*1H4. The molecule has 0 radical (unpaired) electrons. The Morgan fingerprint density at radius 1 is 0.321 bits per heavy atom. The van der Waals surface area contributed by atoms with E-state index >= 15 is 0 Å². The lowest BCUT2D eigenvalue weighted by molar-refractivity contribution is 0.181. The van der Waals surface area contributed by atoms with E-state index in [1.54, 1.807) is 0 Å². The Kier molecular flexibility index (Phi) is 103. The van der Waals surface area contributed by atoms with Crippen LogP contribution in [0.1, 0.15) is 111 Å². The molecule has 3 nitrogen and oxygen atoms in total. The van der Waals surface area contributed by atoms with E-state index in [0.29, 0.717) is 0 Å². The molecule has 0 spiro atoms. The first-order chi connectivity index (χ1) is 12.2. The van der Waals surface area contributed by atoms with Gasteiger partial charge in [-0.15, -0.1) is 0 Å². The van der Waals surface area contributed by atoms with Crippen LogP contribution in [0, 0.1) is 0 Å². The molecule has 2 heterocycles. The van der Waals surface area contributed by atoms with E-state index < -0.39 is 0 Å². The van der Waals surface area contributed by atoms with Crippen LogP contribution < -0.4 is 0 Å². The first kappa shape index (κ1) is 51.0. The van der Waals surface area contributed by atoms with E-state index in [2.05, 4.69) is 35.8 Å². The van der Waals surface area contributed by atoms with Gasteiger partial charge in [0.05, 0.1) is 0 Å². The van der Waals surface area contributed by atoms with Gasteiger partial charge in [0.1, 0.15) is 0 Å². The molecule has 28 heavy (non-hydrogen) atoms. The molecular weight excluding hydrogens is 342 g/mol. The normalized spacial score (nSPS) is 14.9. The van der Waals surface area contributed by atoms with Crippen molar-refractivity contribution < 1.29 is 0 Å². The minimum atomic E-state index is 0. The third kappa shape index (κ3) is 50.1. The summed E-state index contributed by atoms with van der Waals surface area (Å²) in [5.74, 6) is 0. The minimum absolute atomic E-state index is 0. The number of nitrogens with zero attached hydrogens (tertiary/aromatic N) is 3. The van der Waals surface area contributed by atoms with Crippen molar-refractivity contribution in [2.45, 2.75) is 111 Å². The maximum Gasteiger partial charge on any atom is 0.0107 e. The first-order valence-corrected chi connectivity index (χ1v) is 11.2. The van der Waals surface area contributed by atoms with Gasteiger partial charge >= 0.3 is 0 Å². The number of piperidine rings is 1. The predicted octanol–water partition coefficient (Wildman–Crippen LogP) is 8.01. The molecule has 184 valence electrons. The Labute approximate surface area is 186 Å². The Hall–Kier alpha value is -0.120. The van der Waals surface area contributed by atoms with Crippen LogP contribution in [0.25, 0.3) is 0 Å². The molecule has 2 rings (SSSR count). The van der Waals surface area contributed by atoms with E-state index in [9.17, 15) is 0 Å². The molecule has 2 aliphatic heterocycles. The number of likely N-dealkylation sites (tertiary alicyclic amines) is 1. The third-order valence-electron chi connectivity index (χ3n) is 3.31. The van der Waals surface area contributed by atoms with Crippen LogP contribution >= 0.6 is 0 Å². The molecule has 0 amide bonds. The molecule has 0 atom stereocenters. The van der Waals surface area contributed by atoms with Crippen molar-refractivity contribution in [3.8, 4) is 0 Å². The van der Waals surface area contributed by atoms with Crippen LogP contribution in [0.2, 0.25) is 0 Å². The van der Waals surface area contributed by atoms with Crippen molar-refractivity contribution in [3.63, 3.8) is 0 Å². The van der Waals surface area contributed by atoms with Gasteiger partial charge in [-0.3, -0.25) is 0 Å². The predicted molar refractivity (Wildman–Crippen MR) is 143 cm³/mol. The van der Waals surface area contributed by atoms with Crippen molar-refractivity contribution in [1.29, 1.82) is 0 Å². The zero-order valence-corrected chi connectivity index (χ0v) is 20.7. The van der Waals surface area contributed by atoms with Gasteiger partial charge in [-0.1, -0.05) is 97.9 Å². The van der Waals surface area contributed by atoms with Gasteiger partial charge in [0.2, 0.25) is 0 Å². The van der Waals surface area contributed by atoms with Crippen LogP contribution in [0.3, 0.4) is 0 Å². The average Bonchev–Trinajstić information content (AvgIpc) is 2.73. The van der Waals surface area contributed by atoms with Crippen molar-refractivity contribution in [2.75, 3.05) is 60.4 Å². The van der Waals surface area contributed by atoms with Gasteiger partial charge in [0.25, 0.3) is 0 Å². The summed E-state index contributed by atoms with van der Waals surface area (Å²) in [5.41, 5.74) is 0. The van der Waals surface area contributed by atoms with Gasteiger partial charge < -0.3 is 14.7 Å². The highest BCUT2D eigenvalue weighted by Crippen LogP contribution is 2.04. The molecule has 0 unspecified atom stereocenters. The van der Waals surface area contributed by atoms with Crippen molar-refractivity contribution in [2.24, 2.45) is 0 Å². The minimum Gasteiger partial charge on any atom is -0.306 e. The fourth-order valence-corrected chi connectivity index (χ4v) is 1.96. The zero-order valence-electron chi connectivity index (χ0n) is 20.7. The highest BCUT2D eigenvalue weighted by molar-refractivity contribution is 4.64. The highest BCUT2D eigenvalue weighted by atomic mass is 15.2. The van der Waals surface area contributed by atoms with Crippen molar-refractivity contribution in [3.05, 3.63) is 0 Å². The number of hydrogen-bond acceptors (Lipinski definition) is 3. The fourth-order valence-electron chi connectivity index (χ4n) is 1.96. The van der Waals surface area contributed by atoms with Crippen LogP contribution in [-0.4, -0.2) is 75.1 Å². The lowest BCUT2D eigenvalue weighted by Gasteiger charge is -2.28. The molecule has 2 aliphatic rings. The summed E-state index contributed by atoms with van der Waals surface area (Å²) in [6.45, 7) is 27.6. The quantitative estimate of drug-likeness (QED) is 0.399. The first-order valence-electron chi connectivity index (χ1n) is 11.2. The van der Waals surface area contributed by atoms with Crippen molar-refractivity contribution >= 4 is 0 Å². The highest BCUT2D eigenvalue weighted by Gasteiger charge is 2.07. The van der Waals surface area contributed by atoms with Crippen LogP contribution in [0.15, 0.2) is 0 Å². The number of hydrogen-bond donors (Lipinski definition) is 0. The second kappa shape index (κ2) is 56.3. The van der Waals surface area contributed by atoms with Gasteiger partial charge in [-0.05, 0) is 47.1 Å². The van der Waals surface area contributed by atoms with E-state index in [0.717, 1.165) is 0 Å². The lowest BCUT2D eigenvalue weighted by Crippen LogP contribution is -2.42. The topological polar surface area (TPSA) is 9.72 Å². The summed E-state index contributed by atoms with van der Waals surface area (Å²) in [6, 6.07) is 0. The smallest absolute Gasteiger partial charge is 0.0107 e. The Balaban J connectivity index is -0.0000000309. The van der Waals surface area contributed by atoms with Crippen LogP contribution in [0.5, 0.6) is 0 Å². The molecule has 0 aromatic heterocycles. The zero-order chi connectivity index (χ0) is 21.1. The number of rotatable bonds is 0. The molecule has 0 aliphatic carbocycles. The third-order valence-corrected chi connectivity index (χ3v) is 3.31.